The van der Waals surface area contributed by atoms with E-state index < -0.39 is 11.4 Å². The summed E-state index contributed by atoms with van der Waals surface area (Å²) >= 11 is 0. The van der Waals surface area contributed by atoms with Crippen molar-refractivity contribution in [3.8, 4) is 0 Å². The number of fused-ring (bicyclic) bond motifs is 5. The smallest absolute Gasteiger partial charge is 0.303 e. The molecule has 0 unspecified atom stereocenters. The largest absolute Gasteiger partial charge is 0.481 e. The molecule has 2 saturated carbocycles. The number of carboxylic acids is 1. The maximum absolute atomic E-state index is 13.6. The monoisotopic (exact) mass is 470 g/mol. The maximum atomic E-state index is 13.6. The van der Waals surface area contributed by atoms with Crippen LogP contribution < -0.4 is 0 Å². The number of carbonyl (C=O) groups is 3. The Morgan fingerprint density at radius 1 is 1.15 bits per heavy atom. The molecule has 1 amide bonds. The molecule has 0 aromatic rings. The first-order chi connectivity index (χ1) is 15.9. The number of piperidine rings is 1. The number of rotatable bonds is 5. The van der Waals surface area contributed by atoms with E-state index in [1.54, 1.807) is 6.08 Å². The predicted octanol–water partition coefficient (Wildman–Crippen LogP) is 4.51. The van der Waals surface area contributed by atoms with Crippen LogP contribution >= 0.6 is 0 Å². The number of hydrogen-bond acceptors (Lipinski definition) is 4. The van der Waals surface area contributed by atoms with Crippen LogP contribution in [0.5, 0.6) is 0 Å². The van der Waals surface area contributed by atoms with Crippen molar-refractivity contribution < 1.29 is 19.5 Å². The summed E-state index contributed by atoms with van der Waals surface area (Å²) in [6, 6.07) is 0. The zero-order valence-electron chi connectivity index (χ0n) is 21.8. The molecule has 0 radical (unpaired) electrons. The van der Waals surface area contributed by atoms with Gasteiger partial charge < -0.3 is 14.9 Å². The van der Waals surface area contributed by atoms with Crippen molar-refractivity contribution in [3.05, 3.63) is 23.9 Å². The van der Waals surface area contributed by atoms with E-state index in [4.69, 9.17) is 0 Å². The van der Waals surface area contributed by atoms with Gasteiger partial charge in [-0.05, 0) is 89.5 Å². The van der Waals surface area contributed by atoms with Crippen molar-refractivity contribution >= 4 is 17.7 Å². The summed E-state index contributed by atoms with van der Waals surface area (Å²) in [6.45, 7) is 15.0. The molecule has 188 valence electrons. The van der Waals surface area contributed by atoms with E-state index >= 15 is 0 Å². The van der Waals surface area contributed by atoms with Crippen LogP contribution in [-0.2, 0) is 14.4 Å². The second-order valence-corrected chi connectivity index (χ2v) is 12.2. The quantitative estimate of drug-likeness (QED) is 0.640. The van der Waals surface area contributed by atoms with E-state index in [-0.39, 0.29) is 40.9 Å². The summed E-state index contributed by atoms with van der Waals surface area (Å²) in [6.07, 6.45) is 9.06. The molecule has 34 heavy (non-hydrogen) atoms. The summed E-state index contributed by atoms with van der Waals surface area (Å²) in [4.78, 5) is 42.5. The van der Waals surface area contributed by atoms with Gasteiger partial charge >= 0.3 is 5.97 Å². The average molecular weight is 471 g/mol. The summed E-state index contributed by atoms with van der Waals surface area (Å²) in [5, 5.41) is 10.0. The Labute approximate surface area is 204 Å². The number of allylic oxidation sites excluding steroid dienone is 3. The fraction of sp³-hybridized carbons (Fsp3) is 0.750. The molecule has 3 fully saturated rings. The molecule has 3 aliphatic carbocycles. The fourth-order valence-electron chi connectivity index (χ4n) is 8.15. The first kappa shape index (κ1) is 25.0. The Morgan fingerprint density at radius 2 is 1.82 bits per heavy atom. The molecule has 1 saturated heterocycles. The van der Waals surface area contributed by atoms with Gasteiger partial charge in [0.1, 0.15) is 0 Å². The van der Waals surface area contributed by atoms with Crippen molar-refractivity contribution in [3.63, 3.8) is 0 Å². The number of amides is 1. The third-order valence-electron chi connectivity index (χ3n) is 9.70. The van der Waals surface area contributed by atoms with Crippen LogP contribution in [0.25, 0.3) is 0 Å². The molecule has 6 nitrogen and oxygen atoms in total. The molecule has 0 aromatic heterocycles. The van der Waals surface area contributed by atoms with E-state index in [0.717, 1.165) is 37.9 Å². The lowest BCUT2D eigenvalue weighted by molar-refractivity contribution is -0.153. The lowest BCUT2D eigenvalue weighted by atomic mass is 9.49. The minimum absolute atomic E-state index is 0.0435. The second-order valence-electron chi connectivity index (χ2n) is 12.2. The van der Waals surface area contributed by atoms with Gasteiger partial charge in [0, 0.05) is 48.3 Å². The number of carboxylic acid groups (broad SMARTS) is 1. The van der Waals surface area contributed by atoms with Crippen LogP contribution in [0, 0.1) is 34.5 Å². The van der Waals surface area contributed by atoms with Crippen LogP contribution in [-0.4, -0.2) is 57.7 Å². The van der Waals surface area contributed by atoms with Crippen LogP contribution in [0.15, 0.2) is 23.9 Å². The molecule has 0 aromatic carbocycles. The van der Waals surface area contributed by atoms with Crippen molar-refractivity contribution in [2.45, 2.75) is 79.2 Å². The van der Waals surface area contributed by atoms with E-state index in [9.17, 15) is 19.5 Å². The van der Waals surface area contributed by atoms with E-state index in [2.05, 4.69) is 38.7 Å². The van der Waals surface area contributed by atoms with Gasteiger partial charge in [-0.15, -0.1) is 0 Å². The average Bonchev–Trinajstić information content (AvgIpc) is 3.12. The van der Waals surface area contributed by atoms with Crippen molar-refractivity contribution in [1.82, 2.24) is 9.80 Å². The number of nitrogens with zero attached hydrogens (tertiary/aromatic N) is 2. The van der Waals surface area contributed by atoms with Gasteiger partial charge in [0.2, 0.25) is 5.91 Å². The number of aliphatic carboxylic acids is 1. The topological polar surface area (TPSA) is 77.9 Å². The lowest BCUT2D eigenvalue weighted by Crippen LogP contribution is -2.61. The van der Waals surface area contributed by atoms with E-state index in [0.29, 0.717) is 24.9 Å². The summed E-state index contributed by atoms with van der Waals surface area (Å²) < 4.78 is 0. The van der Waals surface area contributed by atoms with E-state index in [1.807, 2.05) is 24.8 Å². The molecule has 1 N–H and O–H groups in total. The standard InChI is InChI=1S/C28H42N2O4/c1-7-29(8-2)25(34)22-10-9-21-19-17-30(26(3,4)5)23-15-18(31)11-13-27(23,6)20(19)12-14-28(21,22)16-24(32)33/h11,13,15,19-22H,7-10,12,14,16-17H2,1-6H3,(H,32,33)/t19-,20+,21+,22-,27-,28-/m1/s1. The van der Waals surface area contributed by atoms with Gasteiger partial charge in [-0.1, -0.05) is 13.0 Å². The molecule has 4 rings (SSSR count). The number of hydrogen-bond donors (Lipinski definition) is 1. The van der Waals surface area contributed by atoms with Crippen molar-refractivity contribution in [2.24, 2.45) is 34.5 Å². The van der Waals surface area contributed by atoms with Gasteiger partial charge in [0.25, 0.3) is 0 Å². The molecule has 0 spiro atoms. The Bertz CT molecular complexity index is 927. The second kappa shape index (κ2) is 8.53. The minimum Gasteiger partial charge on any atom is -0.481 e. The van der Waals surface area contributed by atoms with Crippen LogP contribution in [0.1, 0.15) is 73.6 Å². The maximum Gasteiger partial charge on any atom is 0.303 e. The van der Waals surface area contributed by atoms with Gasteiger partial charge in [0.05, 0.1) is 6.42 Å². The highest BCUT2D eigenvalue weighted by Gasteiger charge is 2.64. The fourth-order valence-corrected chi connectivity index (χ4v) is 8.15. The third-order valence-corrected chi connectivity index (χ3v) is 9.70. The Morgan fingerprint density at radius 3 is 2.41 bits per heavy atom. The van der Waals surface area contributed by atoms with Gasteiger partial charge in [-0.3, -0.25) is 14.4 Å². The summed E-state index contributed by atoms with van der Waals surface area (Å²) in [5.74, 6) is 0.0124. The molecular formula is C28H42N2O4. The van der Waals surface area contributed by atoms with Crippen LogP contribution in [0.3, 0.4) is 0 Å². The van der Waals surface area contributed by atoms with Crippen LogP contribution in [0.4, 0.5) is 0 Å². The van der Waals surface area contributed by atoms with Gasteiger partial charge in [0.15, 0.2) is 5.78 Å². The zero-order valence-corrected chi connectivity index (χ0v) is 21.8. The lowest BCUT2D eigenvalue weighted by Gasteiger charge is -2.62. The molecule has 6 atom stereocenters. The summed E-state index contributed by atoms with van der Waals surface area (Å²) in [7, 11) is 0. The number of carbonyl (C=O) groups excluding carboxylic acids is 2. The molecule has 4 aliphatic rings. The molecule has 1 heterocycles. The molecule has 0 bridgehead atoms. The molecule has 6 heteroatoms. The zero-order chi connectivity index (χ0) is 25.1. The highest BCUT2D eigenvalue weighted by molar-refractivity contribution is 6.01. The van der Waals surface area contributed by atoms with Crippen molar-refractivity contribution in [2.75, 3.05) is 19.6 Å². The highest BCUT2D eigenvalue weighted by Crippen LogP contribution is 2.66. The number of ketones is 1. The van der Waals surface area contributed by atoms with Crippen LogP contribution in [0.2, 0.25) is 0 Å². The Kier molecular flexibility index (Phi) is 6.27. The first-order valence-electron chi connectivity index (χ1n) is 13.1. The van der Waals surface area contributed by atoms with Gasteiger partial charge in [-0.25, -0.2) is 0 Å². The Balaban J connectivity index is 1.78. The van der Waals surface area contributed by atoms with Gasteiger partial charge in [-0.2, -0.15) is 0 Å². The number of likely N-dealkylation sites (tertiary alicyclic amines) is 1. The third kappa shape index (κ3) is 3.72. The first-order valence-corrected chi connectivity index (χ1v) is 13.1. The predicted molar refractivity (Wildman–Crippen MR) is 132 cm³/mol. The minimum atomic E-state index is -0.791. The SMILES string of the molecule is CCN(CC)C(=O)[C@H]1CC[C@H]2[C@@H]3CN(C(C)(C)C)C4=CC(=O)C=C[C@]4(C)[C@H]3CC[C@]12CC(=O)O. The Hall–Kier alpha value is -2.11. The van der Waals surface area contributed by atoms with Crippen molar-refractivity contribution in [1.29, 1.82) is 0 Å². The summed E-state index contributed by atoms with van der Waals surface area (Å²) in [5.41, 5.74) is 0.210. The highest BCUT2D eigenvalue weighted by atomic mass is 16.4. The molecular weight excluding hydrogens is 428 g/mol. The van der Waals surface area contributed by atoms with E-state index in [1.165, 1.54) is 0 Å². The molecule has 1 aliphatic heterocycles. The normalized spacial score (nSPS) is 36.9.